The Labute approximate surface area is 142 Å². The van der Waals surface area contributed by atoms with E-state index < -0.39 is 12.5 Å². The molecule has 0 radical (unpaired) electrons. The Balaban J connectivity index is 1.93. The topological polar surface area (TPSA) is 35.8 Å². The van der Waals surface area contributed by atoms with Gasteiger partial charge in [0.2, 0.25) is 0 Å². The third-order valence-electron chi connectivity index (χ3n) is 4.08. The smallest absolute Gasteiger partial charge is 0.126 e. The molecule has 2 aromatic rings. The molecule has 1 fully saturated rings. The van der Waals surface area contributed by atoms with E-state index in [-0.39, 0.29) is 28.0 Å². The van der Waals surface area contributed by atoms with Crippen LogP contribution in [0.4, 0.5) is 8.78 Å². The van der Waals surface area contributed by atoms with Gasteiger partial charge in [-0.05, 0) is 23.3 Å². The SMILES string of the molecule is N#C[C@@H]1N[C@@H](CF)[C@H]1c1ccc(-c2c(Cl)cc(F)cc2Cl)cc1. The fourth-order valence-corrected chi connectivity index (χ4v) is 3.60. The quantitative estimate of drug-likeness (QED) is 0.867. The molecule has 0 bridgehead atoms. The van der Waals surface area contributed by atoms with Gasteiger partial charge < -0.3 is 0 Å². The Hall–Kier alpha value is -1.67. The van der Waals surface area contributed by atoms with E-state index in [1.807, 2.05) is 12.1 Å². The van der Waals surface area contributed by atoms with Crippen LogP contribution in [0.15, 0.2) is 36.4 Å². The van der Waals surface area contributed by atoms with Gasteiger partial charge in [-0.3, -0.25) is 5.32 Å². The van der Waals surface area contributed by atoms with E-state index in [4.69, 9.17) is 28.5 Å². The van der Waals surface area contributed by atoms with Gasteiger partial charge in [0.05, 0.1) is 16.1 Å². The van der Waals surface area contributed by atoms with Gasteiger partial charge in [0.15, 0.2) is 0 Å². The number of hydrogen-bond donors (Lipinski definition) is 1. The van der Waals surface area contributed by atoms with E-state index in [1.165, 1.54) is 12.1 Å². The second-order valence-electron chi connectivity index (χ2n) is 5.43. The molecular formula is C17H12Cl2F2N2. The Kier molecular flexibility index (Phi) is 4.54. The lowest BCUT2D eigenvalue weighted by Gasteiger charge is -2.41. The first-order valence-corrected chi connectivity index (χ1v) is 7.77. The van der Waals surface area contributed by atoms with Crippen LogP contribution in [0, 0.1) is 17.1 Å². The van der Waals surface area contributed by atoms with Crippen molar-refractivity contribution in [3.63, 3.8) is 0 Å². The highest BCUT2D eigenvalue weighted by atomic mass is 35.5. The van der Waals surface area contributed by atoms with Crippen molar-refractivity contribution in [2.24, 2.45) is 0 Å². The first-order valence-electron chi connectivity index (χ1n) is 7.01. The maximum Gasteiger partial charge on any atom is 0.126 e. The summed E-state index contributed by atoms with van der Waals surface area (Å²) in [5, 5.41) is 12.4. The number of alkyl halides is 1. The van der Waals surface area contributed by atoms with Crippen molar-refractivity contribution in [3.8, 4) is 17.2 Å². The zero-order valence-electron chi connectivity index (χ0n) is 11.9. The summed E-state index contributed by atoms with van der Waals surface area (Å²) in [5.74, 6) is -0.679. The number of hydrogen-bond acceptors (Lipinski definition) is 2. The maximum absolute atomic E-state index is 13.3. The lowest BCUT2D eigenvalue weighted by molar-refractivity contribution is 0.210. The Morgan fingerprint density at radius 3 is 2.26 bits per heavy atom. The highest BCUT2D eigenvalue weighted by Gasteiger charge is 2.41. The Bertz CT molecular complexity index is 748. The van der Waals surface area contributed by atoms with Crippen LogP contribution in [0.25, 0.3) is 11.1 Å². The van der Waals surface area contributed by atoms with Gasteiger partial charge in [-0.25, -0.2) is 8.78 Å². The monoisotopic (exact) mass is 352 g/mol. The molecule has 3 rings (SSSR count). The molecular weight excluding hydrogens is 341 g/mol. The third-order valence-corrected chi connectivity index (χ3v) is 4.68. The number of nitrogens with one attached hydrogen (secondary N) is 1. The van der Waals surface area contributed by atoms with Crippen LogP contribution in [0.2, 0.25) is 10.0 Å². The molecule has 1 saturated heterocycles. The molecule has 2 aromatic carbocycles. The van der Waals surface area contributed by atoms with Crippen LogP contribution < -0.4 is 5.32 Å². The molecule has 0 saturated carbocycles. The molecule has 118 valence electrons. The molecule has 0 aliphatic carbocycles. The molecule has 0 aromatic heterocycles. The number of nitriles is 1. The summed E-state index contributed by atoms with van der Waals surface area (Å²) >= 11 is 12.1. The third kappa shape index (κ3) is 2.92. The fourth-order valence-electron chi connectivity index (χ4n) is 2.92. The minimum atomic E-state index is -0.528. The van der Waals surface area contributed by atoms with Crippen LogP contribution in [0.3, 0.4) is 0 Å². The number of rotatable bonds is 3. The second kappa shape index (κ2) is 6.45. The molecule has 6 heteroatoms. The zero-order valence-corrected chi connectivity index (χ0v) is 13.4. The van der Waals surface area contributed by atoms with Gasteiger partial charge in [-0.15, -0.1) is 0 Å². The Morgan fingerprint density at radius 2 is 1.74 bits per heavy atom. The minimum absolute atomic E-state index is 0.182. The lowest BCUT2D eigenvalue weighted by atomic mass is 9.78. The maximum atomic E-state index is 13.3. The molecule has 2 nitrogen and oxygen atoms in total. The molecule has 0 spiro atoms. The van der Waals surface area contributed by atoms with E-state index in [9.17, 15) is 8.78 Å². The summed E-state index contributed by atoms with van der Waals surface area (Å²) in [4.78, 5) is 0. The zero-order chi connectivity index (χ0) is 16.6. The predicted molar refractivity (Wildman–Crippen MR) is 86.9 cm³/mol. The second-order valence-corrected chi connectivity index (χ2v) is 6.24. The fraction of sp³-hybridized carbons (Fsp3) is 0.235. The van der Waals surface area contributed by atoms with Crippen LogP contribution in [-0.2, 0) is 0 Å². The van der Waals surface area contributed by atoms with Crippen molar-refractivity contribution in [1.29, 1.82) is 5.26 Å². The number of nitrogens with zero attached hydrogens (tertiary/aromatic N) is 1. The van der Waals surface area contributed by atoms with Crippen LogP contribution in [0.1, 0.15) is 11.5 Å². The number of benzene rings is 2. The van der Waals surface area contributed by atoms with Gasteiger partial charge in [-0.1, -0.05) is 47.5 Å². The van der Waals surface area contributed by atoms with Crippen molar-refractivity contribution >= 4 is 23.2 Å². The number of halogens is 4. The molecule has 1 N–H and O–H groups in total. The molecule has 1 heterocycles. The minimum Gasteiger partial charge on any atom is -0.295 e. The summed E-state index contributed by atoms with van der Waals surface area (Å²) in [5.41, 5.74) is 2.16. The average molecular weight is 353 g/mol. The molecule has 1 aliphatic heterocycles. The van der Waals surface area contributed by atoms with Gasteiger partial charge in [-0.2, -0.15) is 5.26 Å². The van der Waals surface area contributed by atoms with Crippen LogP contribution in [-0.4, -0.2) is 18.8 Å². The van der Waals surface area contributed by atoms with E-state index in [0.717, 1.165) is 11.1 Å². The van der Waals surface area contributed by atoms with Crippen molar-refractivity contribution in [2.75, 3.05) is 6.67 Å². The van der Waals surface area contributed by atoms with E-state index in [0.29, 0.717) is 5.56 Å². The summed E-state index contributed by atoms with van der Waals surface area (Å²) < 4.78 is 26.2. The van der Waals surface area contributed by atoms with Gasteiger partial charge in [0.25, 0.3) is 0 Å². The summed E-state index contributed by atoms with van der Waals surface area (Å²) in [7, 11) is 0. The Morgan fingerprint density at radius 1 is 1.13 bits per heavy atom. The summed E-state index contributed by atoms with van der Waals surface area (Å²) in [6.07, 6.45) is 0. The first kappa shape index (κ1) is 16.2. The molecule has 0 unspecified atom stereocenters. The summed E-state index contributed by atoms with van der Waals surface area (Å²) in [6.45, 7) is -0.528. The lowest BCUT2D eigenvalue weighted by Crippen LogP contribution is -2.59. The normalized spacial score (nSPS) is 23.2. The van der Waals surface area contributed by atoms with Gasteiger partial charge in [0.1, 0.15) is 18.5 Å². The van der Waals surface area contributed by atoms with Crippen LogP contribution in [0.5, 0.6) is 0 Å². The molecule has 1 aliphatic rings. The van der Waals surface area contributed by atoms with Crippen molar-refractivity contribution < 1.29 is 8.78 Å². The van der Waals surface area contributed by atoms with E-state index in [1.54, 1.807) is 12.1 Å². The van der Waals surface area contributed by atoms with Gasteiger partial charge >= 0.3 is 0 Å². The highest BCUT2D eigenvalue weighted by molar-refractivity contribution is 6.39. The highest BCUT2D eigenvalue weighted by Crippen LogP contribution is 2.38. The molecule has 23 heavy (non-hydrogen) atoms. The largest absolute Gasteiger partial charge is 0.295 e. The standard InChI is InChI=1S/C17H12Cl2F2N2/c18-12-5-11(21)6-13(19)16(12)9-1-3-10(4-2-9)17-14(7-20)23-15(17)8-22/h1-6,14-15,17,23H,7H2/t14-,15-,17+/m0/s1. The first-order chi connectivity index (χ1) is 11.0. The molecule has 0 amide bonds. The van der Waals surface area contributed by atoms with Crippen molar-refractivity contribution in [1.82, 2.24) is 5.32 Å². The van der Waals surface area contributed by atoms with Crippen molar-refractivity contribution in [2.45, 2.75) is 18.0 Å². The summed E-state index contributed by atoms with van der Waals surface area (Å²) in [6, 6.07) is 11.0. The van der Waals surface area contributed by atoms with Crippen molar-refractivity contribution in [3.05, 3.63) is 57.8 Å². The van der Waals surface area contributed by atoms with Crippen LogP contribution >= 0.6 is 23.2 Å². The molecule has 3 atom stereocenters. The average Bonchev–Trinajstić information content (AvgIpc) is 2.48. The van der Waals surface area contributed by atoms with Gasteiger partial charge in [0, 0.05) is 17.5 Å². The van der Waals surface area contributed by atoms with E-state index >= 15 is 0 Å². The van der Waals surface area contributed by atoms with E-state index in [2.05, 4.69) is 11.4 Å². The predicted octanol–water partition coefficient (Wildman–Crippen LogP) is 4.72.